The van der Waals surface area contributed by atoms with E-state index in [9.17, 15) is 0 Å². The molecule has 0 aliphatic carbocycles. The Morgan fingerprint density at radius 3 is 2.71 bits per heavy atom. The number of rotatable bonds is 8. The normalized spacial score (nSPS) is 10.9. The Morgan fingerprint density at radius 2 is 1.88 bits per heavy atom. The van der Waals surface area contributed by atoms with Crippen molar-refractivity contribution < 1.29 is 9.47 Å². The second-order valence-corrected chi connectivity index (χ2v) is 5.82. The number of nitrogens with one attached hydrogen (secondary N) is 2. The van der Waals surface area contributed by atoms with Crippen LogP contribution in [0, 0.1) is 0 Å². The fraction of sp³-hybridized carbons (Fsp3) is 0.300. The number of hydrogen-bond acceptors (Lipinski definition) is 3. The first kappa shape index (κ1) is 16.4. The van der Waals surface area contributed by atoms with Gasteiger partial charge in [-0.05, 0) is 37.1 Å². The summed E-state index contributed by atoms with van der Waals surface area (Å²) < 4.78 is 10.7. The average molecular weight is 324 g/mol. The van der Waals surface area contributed by atoms with Gasteiger partial charge in [0.05, 0.1) is 14.2 Å². The van der Waals surface area contributed by atoms with Crippen molar-refractivity contribution in [2.45, 2.75) is 19.4 Å². The van der Waals surface area contributed by atoms with E-state index < -0.39 is 0 Å². The van der Waals surface area contributed by atoms with Crippen LogP contribution in [0.3, 0.4) is 0 Å². The summed E-state index contributed by atoms with van der Waals surface area (Å²) >= 11 is 0. The highest BCUT2D eigenvalue weighted by Crippen LogP contribution is 2.24. The van der Waals surface area contributed by atoms with Crippen LogP contribution in [0.1, 0.15) is 17.5 Å². The van der Waals surface area contributed by atoms with E-state index in [-0.39, 0.29) is 0 Å². The highest BCUT2D eigenvalue weighted by atomic mass is 16.5. The molecule has 126 valence electrons. The largest absolute Gasteiger partial charge is 0.497 e. The first-order valence-electron chi connectivity index (χ1n) is 8.28. The lowest BCUT2D eigenvalue weighted by Crippen LogP contribution is -2.15. The van der Waals surface area contributed by atoms with E-state index in [0.717, 1.165) is 43.0 Å². The van der Waals surface area contributed by atoms with Gasteiger partial charge in [0.2, 0.25) is 0 Å². The van der Waals surface area contributed by atoms with Gasteiger partial charge < -0.3 is 19.8 Å². The standard InChI is InChI=1S/C20H24N2O2/c1-23-17-10-9-16(20(12-17)24-2)13-21-11-5-6-15-14-22-19-8-4-3-7-18(15)19/h3-4,7-10,12,14,21-22H,5-6,11,13H2,1-2H3. The fourth-order valence-electron chi connectivity index (χ4n) is 2.96. The summed E-state index contributed by atoms with van der Waals surface area (Å²) in [7, 11) is 3.35. The number of aryl methyl sites for hydroxylation is 1. The molecule has 0 radical (unpaired) electrons. The molecule has 0 aliphatic heterocycles. The van der Waals surface area contributed by atoms with Crippen LogP contribution in [0.25, 0.3) is 10.9 Å². The van der Waals surface area contributed by atoms with Crippen LogP contribution in [0.4, 0.5) is 0 Å². The SMILES string of the molecule is COc1ccc(CNCCCc2c[nH]c3ccccc23)c(OC)c1. The average Bonchev–Trinajstić information content (AvgIpc) is 3.04. The number of fused-ring (bicyclic) bond motifs is 1. The van der Waals surface area contributed by atoms with Crippen molar-refractivity contribution in [3.63, 3.8) is 0 Å². The van der Waals surface area contributed by atoms with E-state index in [1.807, 2.05) is 18.2 Å². The number of methoxy groups -OCH3 is 2. The van der Waals surface area contributed by atoms with Crippen molar-refractivity contribution in [2.24, 2.45) is 0 Å². The second-order valence-electron chi connectivity index (χ2n) is 5.82. The number of ether oxygens (including phenoxy) is 2. The van der Waals surface area contributed by atoms with Crippen molar-refractivity contribution >= 4 is 10.9 Å². The zero-order chi connectivity index (χ0) is 16.8. The van der Waals surface area contributed by atoms with Crippen LogP contribution < -0.4 is 14.8 Å². The highest BCUT2D eigenvalue weighted by molar-refractivity contribution is 5.82. The summed E-state index contributed by atoms with van der Waals surface area (Å²) in [5.41, 5.74) is 3.74. The third kappa shape index (κ3) is 3.71. The molecule has 2 aromatic carbocycles. The molecule has 0 aliphatic rings. The Balaban J connectivity index is 1.49. The van der Waals surface area contributed by atoms with Crippen molar-refractivity contribution in [3.05, 3.63) is 59.8 Å². The third-order valence-electron chi connectivity index (χ3n) is 4.28. The van der Waals surface area contributed by atoms with Gasteiger partial charge in [-0.3, -0.25) is 0 Å². The third-order valence-corrected chi connectivity index (χ3v) is 4.28. The zero-order valence-corrected chi connectivity index (χ0v) is 14.3. The molecule has 4 nitrogen and oxygen atoms in total. The van der Waals surface area contributed by atoms with E-state index in [1.54, 1.807) is 14.2 Å². The van der Waals surface area contributed by atoms with E-state index >= 15 is 0 Å². The molecule has 0 saturated heterocycles. The molecule has 0 saturated carbocycles. The topological polar surface area (TPSA) is 46.3 Å². The molecular formula is C20H24N2O2. The number of para-hydroxylation sites is 1. The summed E-state index contributed by atoms with van der Waals surface area (Å²) in [6, 6.07) is 14.4. The van der Waals surface area contributed by atoms with Crippen molar-refractivity contribution in [1.82, 2.24) is 10.3 Å². The van der Waals surface area contributed by atoms with Crippen LogP contribution >= 0.6 is 0 Å². The maximum atomic E-state index is 5.43. The van der Waals surface area contributed by atoms with Gasteiger partial charge in [-0.2, -0.15) is 0 Å². The molecule has 1 heterocycles. The maximum Gasteiger partial charge on any atom is 0.127 e. The summed E-state index contributed by atoms with van der Waals surface area (Å²) in [6.07, 6.45) is 4.29. The minimum absolute atomic E-state index is 0.793. The molecule has 0 spiro atoms. The summed E-state index contributed by atoms with van der Waals surface area (Å²) in [4.78, 5) is 3.33. The monoisotopic (exact) mass is 324 g/mol. The van der Waals surface area contributed by atoms with Gasteiger partial charge >= 0.3 is 0 Å². The Kier molecular flexibility index (Phi) is 5.39. The van der Waals surface area contributed by atoms with Crippen LogP contribution in [0.2, 0.25) is 0 Å². The van der Waals surface area contributed by atoms with Crippen LogP contribution in [0.5, 0.6) is 11.5 Å². The van der Waals surface area contributed by atoms with Crippen molar-refractivity contribution in [3.8, 4) is 11.5 Å². The minimum Gasteiger partial charge on any atom is -0.497 e. The molecule has 1 aromatic heterocycles. The van der Waals surface area contributed by atoms with E-state index in [2.05, 4.69) is 40.8 Å². The molecule has 24 heavy (non-hydrogen) atoms. The maximum absolute atomic E-state index is 5.43. The van der Waals surface area contributed by atoms with Gasteiger partial charge in [0, 0.05) is 35.3 Å². The van der Waals surface area contributed by atoms with Gasteiger partial charge in [-0.15, -0.1) is 0 Å². The molecule has 0 atom stereocenters. The summed E-state index contributed by atoms with van der Waals surface area (Å²) in [6.45, 7) is 1.76. The van der Waals surface area contributed by atoms with Crippen molar-refractivity contribution in [2.75, 3.05) is 20.8 Å². The van der Waals surface area contributed by atoms with Gasteiger partial charge in [0.15, 0.2) is 0 Å². The lowest BCUT2D eigenvalue weighted by molar-refractivity contribution is 0.390. The van der Waals surface area contributed by atoms with Crippen LogP contribution in [-0.4, -0.2) is 25.7 Å². The van der Waals surface area contributed by atoms with Crippen LogP contribution in [0.15, 0.2) is 48.7 Å². The van der Waals surface area contributed by atoms with Gasteiger partial charge in [-0.1, -0.05) is 24.3 Å². The first-order valence-corrected chi connectivity index (χ1v) is 8.28. The second kappa shape index (κ2) is 7.88. The summed E-state index contributed by atoms with van der Waals surface area (Å²) in [5, 5.41) is 4.82. The Hall–Kier alpha value is -2.46. The predicted octanol–water partition coefficient (Wildman–Crippen LogP) is 3.91. The quantitative estimate of drug-likeness (QED) is 0.618. The Bertz CT molecular complexity index is 795. The Morgan fingerprint density at radius 1 is 1.00 bits per heavy atom. The molecule has 3 rings (SSSR count). The smallest absolute Gasteiger partial charge is 0.127 e. The van der Waals surface area contributed by atoms with Crippen LogP contribution in [-0.2, 0) is 13.0 Å². The zero-order valence-electron chi connectivity index (χ0n) is 14.3. The number of aromatic amines is 1. The molecule has 3 aromatic rings. The molecule has 4 heteroatoms. The predicted molar refractivity (Wildman–Crippen MR) is 97.9 cm³/mol. The molecular weight excluding hydrogens is 300 g/mol. The van der Waals surface area contributed by atoms with Gasteiger partial charge in [-0.25, -0.2) is 0 Å². The molecule has 0 amide bonds. The number of benzene rings is 2. The van der Waals surface area contributed by atoms with E-state index in [4.69, 9.17) is 9.47 Å². The fourth-order valence-corrected chi connectivity index (χ4v) is 2.96. The van der Waals surface area contributed by atoms with E-state index in [0.29, 0.717) is 0 Å². The number of aromatic nitrogens is 1. The van der Waals surface area contributed by atoms with Gasteiger partial charge in [0.25, 0.3) is 0 Å². The molecule has 0 fully saturated rings. The minimum atomic E-state index is 0.793. The lowest BCUT2D eigenvalue weighted by Gasteiger charge is -2.11. The molecule has 2 N–H and O–H groups in total. The van der Waals surface area contributed by atoms with E-state index in [1.165, 1.54) is 16.5 Å². The lowest BCUT2D eigenvalue weighted by atomic mass is 10.1. The molecule has 0 bridgehead atoms. The Labute approximate surface area is 142 Å². The number of H-pyrrole nitrogens is 1. The van der Waals surface area contributed by atoms with Crippen molar-refractivity contribution in [1.29, 1.82) is 0 Å². The summed E-state index contributed by atoms with van der Waals surface area (Å²) in [5.74, 6) is 1.67. The first-order chi connectivity index (χ1) is 11.8. The van der Waals surface area contributed by atoms with Gasteiger partial charge in [0.1, 0.15) is 11.5 Å². The molecule has 0 unspecified atom stereocenters. The highest BCUT2D eigenvalue weighted by Gasteiger charge is 2.05. The number of hydrogen-bond donors (Lipinski definition) is 2.